The Morgan fingerprint density at radius 2 is 2.00 bits per heavy atom. The van der Waals surface area contributed by atoms with Crippen LogP contribution in [0.25, 0.3) is 0 Å². The fourth-order valence-corrected chi connectivity index (χ4v) is 2.12. The predicted octanol–water partition coefficient (Wildman–Crippen LogP) is 3.46. The van der Waals surface area contributed by atoms with Crippen molar-refractivity contribution >= 4 is 11.8 Å². The molecule has 0 aliphatic carbocycles. The number of carbonyl (C=O) groups is 1. The first-order chi connectivity index (χ1) is 9.49. The lowest BCUT2D eigenvalue weighted by molar-refractivity contribution is 0.251. The highest BCUT2D eigenvalue weighted by Crippen LogP contribution is 2.09. The molecule has 0 aliphatic rings. The van der Waals surface area contributed by atoms with Crippen LogP contribution in [0.1, 0.15) is 51.6 Å². The summed E-state index contributed by atoms with van der Waals surface area (Å²) in [5.74, 6) is 1.51. The smallest absolute Gasteiger partial charge is 0.320 e. The highest BCUT2D eigenvalue weighted by atomic mass is 16.2. The van der Waals surface area contributed by atoms with Crippen molar-refractivity contribution in [1.82, 2.24) is 15.1 Å². The minimum absolute atomic E-state index is 0.157. The summed E-state index contributed by atoms with van der Waals surface area (Å²) < 4.78 is 1.67. The van der Waals surface area contributed by atoms with Gasteiger partial charge in [0.15, 0.2) is 0 Å². The van der Waals surface area contributed by atoms with Gasteiger partial charge in [-0.2, -0.15) is 5.10 Å². The Hall–Kier alpha value is -1.52. The quantitative estimate of drug-likeness (QED) is 0.716. The molecule has 1 heterocycles. The number of unbranched alkanes of at least 4 members (excludes halogenated alkanes) is 3. The summed E-state index contributed by atoms with van der Waals surface area (Å²) in [6.07, 6.45) is 6.06. The first kappa shape index (κ1) is 16.5. The zero-order valence-corrected chi connectivity index (χ0v) is 13.2. The lowest BCUT2D eigenvalue weighted by Crippen LogP contribution is -2.30. The molecule has 0 saturated heterocycles. The van der Waals surface area contributed by atoms with E-state index in [-0.39, 0.29) is 6.03 Å². The van der Waals surface area contributed by atoms with Gasteiger partial charge in [-0.05, 0) is 19.3 Å². The Balaban J connectivity index is 2.07. The van der Waals surface area contributed by atoms with Crippen LogP contribution >= 0.6 is 0 Å². The van der Waals surface area contributed by atoms with Crippen LogP contribution in [-0.4, -0.2) is 22.4 Å². The number of hydrogen-bond donors (Lipinski definition) is 2. The van der Waals surface area contributed by atoms with Crippen molar-refractivity contribution in [3.63, 3.8) is 0 Å². The van der Waals surface area contributed by atoms with Crippen LogP contribution in [0.15, 0.2) is 6.07 Å². The maximum absolute atomic E-state index is 11.7. The fourth-order valence-electron chi connectivity index (χ4n) is 2.12. The van der Waals surface area contributed by atoms with E-state index < -0.39 is 0 Å². The van der Waals surface area contributed by atoms with Gasteiger partial charge in [0.1, 0.15) is 5.82 Å². The van der Waals surface area contributed by atoms with Gasteiger partial charge < -0.3 is 5.32 Å². The minimum Gasteiger partial charge on any atom is -0.338 e. The Morgan fingerprint density at radius 3 is 2.60 bits per heavy atom. The highest BCUT2D eigenvalue weighted by Gasteiger charge is 2.05. The van der Waals surface area contributed by atoms with E-state index in [1.165, 1.54) is 25.7 Å². The molecule has 1 aromatic heterocycles. The Bertz CT molecular complexity index is 412. The molecule has 1 aromatic rings. The number of nitrogens with zero attached hydrogens (tertiary/aromatic N) is 2. The summed E-state index contributed by atoms with van der Waals surface area (Å²) in [7, 11) is 1.82. The molecule has 0 aliphatic heterocycles. The largest absolute Gasteiger partial charge is 0.338 e. The van der Waals surface area contributed by atoms with Crippen LogP contribution < -0.4 is 10.6 Å². The van der Waals surface area contributed by atoms with Gasteiger partial charge in [-0.1, -0.05) is 39.5 Å². The number of amides is 2. The number of carbonyl (C=O) groups excluding carboxylic acids is 1. The first-order valence-corrected chi connectivity index (χ1v) is 7.54. The van der Waals surface area contributed by atoms with Gasteiger partial charge >= 0.3 is 6.03 Å². The third-order valence-electron chi connectivity index (χ3n) is 3.24. The highest BCUT2D eigenvalue weighted by molar-refractivity contribution is 5.88. The molecule has 20 heavy (non-hydrogen) atoms. The van der Waals surface area contributed by atoms with E-state index in [0.717, 1.165) is 30.4 Å². The van der Waals surface area contributed by atoms with E-state index in [0.29, 0.717) is 0 Å². The van der Waals surface area contributed by atoms with Crippen LogP contribution in [0.5, 0.6) is 0 Å². The van der Waals surface area contributed by atoms with Gasteiger partial charge in [0.05, 0.1) is 5.69 Å². The van der Waals surface area contributed by atoms with Crippen LogP contribution in [0.2, 0.25) is 0 Å². The number of aromatic nitrogens is 2. The lowest BCUT2D eigenvalue weighted by atomic mass is 10.0. The number of hydrogen-bond acceptors (Lipinski definition) is 2. The Morgan fingerprint density at radius 1 is 1.30 bits per heavy atom. The molecule has 0 radical (unpaired) electrons. The van der Waals surface area contributed by atoms with Crippen molar-refractivity contribution in [1.29, 1.82) is 0 Å². The summed E-state index contributed by atoms with van der Waals surface area (Å²) >= 11 is 0. The Labute approximate surface area is 122 Å². The van der Waals surface area contributed by atoms with Crippen LogP contribution in [0.4, 0.5) is 10.6 Å². The summed E-state index contributed by atoms with van der Waals surface area (Å²) in [5, 5.41) is 9.86. The lowest BCUT2D eigenvalue weighted by Gasteiger charge is -2.08. The fraction of sp³-hybridized carbons (Fsp3) is 0.733. The molecule has 5 heteroatoms. The second-order valence-corrected chi connectivity index (χ2v) is 5.77. The third-order valence-corrected chi connectivity index (χ3v) is 3.24. The van der Waals surface area contributed by atoms with E-state index in [2.05, 4.69) is 29.6 Å². The van der Waals surface area contributed by atoms with Gasteiger partial charge in [-0.3, -0.25) is 10.00 Å². The van der Waals surface area contributed by atoms with Crippen molar-refractivity contribution in [3.05, 3.63) is 11.8 Å². The van der Waals surface area contributed by atoms with Gasteiger partial charge in [-0.25, -0.2) is 4.79 Å². The monoisotopic (exact) mass is 280 g/mol. The van der Waals surface area contributed by atoms with Crippen LogP contribution in [-0.2, 0) is 7.05 Å². The molecule has 5 nitrogen and oxygen atoms in total. The number of rotatable bonds is 8. The number of anilines is 1. The van der Waals surface area contributed by atoms with Crippen molar-refractivity contribution in [2.75, 3.05) is 11.9 Å². The molecule has 0 spiro atoms. The van der Waals surface area contributed by atoms with Crippen molar-refractivity contribution in [2.24, 2.45) is 13.0 Å². The van der Waals surface area contributed by atoms with Gasteiger partial charge in [0.25, 0.3) is 0 Å². The number of urea groups is 1. The molecular formula is C15H28N4O. The van der Waals surface area contributed by atoms with Crippen molar-refractivity contribution in [2.45, 2.75) is 52.9 Å². The minimum atomic E-state index is -0.157. The molecule has 0 fully saturated rings. The van der Waals surface area contributed by atoms with E-state index >= 15 is 0 Å². The molecule has 0 bridgehead atoms. The molecule has 0 aromatic carbocycles. The molecule has 1 rings (SSSR count). The normalized spacial score (nSPS) is 10.8. The molecule has 0 saturated carbocycles. The van der Waals surface area contributed by atoms with Crippen molar-refractivity contribution < 1.29 is 4.79 Å². The predicted molar refractivity (Wildman–Crippen MR) is 82.9 cm³/mol. The zero-order valence-electron chi connectivity index (χ0n) is 13.2. The second-order valence-electron chi connectivity index (χ2n) is 5.77. The summed E-state index contributed by atoms with van der Waals surface area (Å²) in [6, 6.07) is 1.70. The van der Waals surface area contributed by atoms with Crippen LogP contribution in [0, 0.1) is 12.8 Å². The molecule has 0 atom stereocenters. The molecular weight excluding hydrogens is 252 g/mol. The second kappa shape index (κ2) is 8.61. The van der Waals surface area contributed by atoms with Gasteiger partial charge in [-0.15, -0.1) is 0 Å². The standard InChI is InChI=1S/C15H28N4O/c1-12(2)9-7-5-6-8-10-16-15(20)17-14-11-13(3)18-19(14)4/h11-12H,5-10H2,1-4H3,(H2,16,17,20). The topological polar surface area (TPSA) is 59.0 Å². The van der Waals surface area contributed by atoms with Crippen LogP contribution in [0.3, 0.4) is 0 Å². The average molecular weight is 280 g/mol. The van der Waals surface area contributed by atoms with Crippen molar-refractivity contribution in [3.8, 4) is 0 Å². The van der Waals surface area contributed by atoms with Gasteiger partial charge in [0.2, 0.25) is 0 Å². The third kappa shape index (κ3) is 6.59. The number of nitrogens with one attached hydrogen (secondary N) is 2. The summed E-state index contributed by atoms with van der Waals surface area (Å²) in [5.41, 5.74) is 0.896. The number of aryl methyl sites for hydroxylation is 2. The average Bonchev–Trinajstić information content (AvgIpc) is 2.66. The van der Waals surface area contributed by atoms with E-state index in [9.17, 15) is 4.79 Å². The maximum Gasteiger partial charge on any atom is 0.320 e. The SMILES string of the molecule is Cc1cc(NC(=O)NCCCCCCC(C)C)n(C)n1. The molecule has 114 valence electrons. The molecule has 2 N–H and O–H groups in total. The molecule has 0 unspecified atom stereocenters. The first-order valence-electron chi connectivity index (χ1n) is 7.54. The van der Waals surface area contributed by atoms with E-state index in [1.54, 1.807) is 4.68 Å². The summed E-state index contributed by atoms with van der Waals surface area (Å²) in [4.78, 5) is 11.7. The molecule has 2 amide bonds. The van der Waals surface area contributed by atoms with E-state index in [4.69, 9.17) is 0 Å². The maximum atomic E-state index is 11.7. The van der Waals surface area contributed by atoms with Gasteiger partial charge in [0, 0.05) is 19.7 Å². The zero-order chi connectivity index (χ0) is 15.0. The Kier molecular flexibility index (Phi) is 7.12. The summed E-state index contributed by atoms with van der Waals surface area (Å²) in [6.45, 7) is 7.14. The van der Waals surface area contributed by atoms with E-state index in [1.807, 2.05) is 20.0 Å².